The molecule has 0 saturated heterocycles. The zero-order valence-corrected chi connectivity index (χ0v) is 14.1. The van der Waals surface area contributed by atoms with Crippen molar-refractivity contribution < 1.29 is 8.83 Å². The number of nitrogens with zero attached hydrogens (tertiary/aromatic N) is 1. The third kappa shape index (κ3) is 1.78. The second-order valence-corrected chi connectivity index (χ2v) is 6.68. The number of rotatable bonds is 2. The minimum atomic E-state index is 0.950. The van der Waals surface area contributed by atoms with Crippen molar-refractivity contribution in [2.75, 3.05) is 0 Å². The fourth-order valence-corrected chi connectivity index (χ4v) is 3.89. The number of aryl methyl sites for hydroxylation is 3. The van der Waals surface area contributed by atoms with Crippen molar-refractivity contribution in [2.24, 2.45) is 0 Å². The molecule has 3 heteroatoms. The van der Waals surface area contributed by atoms with E-state index in [1.807, 2.05) is 13.8 Å². The monoisotopic (exact) mass is 317 g/mol. The van der Waals surface area contributed by atoms with E-state index in [-0.39, 0.29) is 0 Å². The lowest BCUT2D eigenvalue weighted by Gasteiger charge is -2.05. The highest BCUT2D eigenvalue weighted by Crippen LogP contribution is 2.36. The Labute approximate surface area is 139 Å². The molecule has 120 valence electrons. The molecule has 24 heavy (non-hydrogen) atoms. The molecule has 0 atom stereocenters. The number of hydrogen-bond donors (Lipinski definition) is 0. The largest absolute Gasteiger partial charge is 0.461 e. The van der Waals surface area contributed by atoms with Crippen LogP contribution < -0.4 is 0 Å². The standard InChI is InChI=1S/C21H19NO2/c1-4-5-22-18-8-14-6-12(2)23-20(14)10-16(18)17-11-21-15(9-19(17)22)7-13(3)24-21/h6-11H,4-5H2,1-3H3. The van der Waals surface area contributed by atoms with E-state index in [2.05, 4.69) is 47.9 Å². The molecule has 0 aliphatic heterocycles. The van der Waals surface area contributed by atoms with Crippen LogP contribution in [-0.4, -0.2) is 4.57 Å². The van der Waals surface area contributed by atoms with E-state index in [1.54, 1.807) is 0 Å². The lowest BCUT2D eigenvalue weighted by Crippen LogP contribution is -1.95. The molecule has 0 amide bonds. The van der Waals surface area contributed by atoms with Crippen LogP contribution in [0.15, 0.2) is 45.2 Å². The Morgan fingerprint density at radius 2 is 1.25 bits per heavy atom. The maximum Gasteiger partial charge on any atom is 0.135 e. The van der Waals surface area contributed by atoms with E-state index in [0.717, 1.165) is 35.7 Å². The predicted octanol–water partition coefficient (Wildman–Crippen LogP) is 6.31. The quantitative estimate of drug-likeness (QED) is 0.382. The van der Waals surface area contributed by atoms with Gasteiger partial charge in [-0.3, -0.25) is 0 Å². The highest BCUT2D eigenvalue weighted by molar-refractivity contribution is 6.14. The summed E-state index contributed by atoms with van der Waals surface area (Å²) in [6, 6.07) is 13.1. The zero-order valence-electron chi connectivity index (χ0n) is 14.1. The molecule has 0 radical (unpaired) electrons. The molecule has 3 nitrogen and oxygen atoms in total. The molecule has 0 spiro atoms. The summed E-state index contributed by atoms with van der Waals surface area (Å²) >= 11 is 0. The first-order chi connectivity index (χ1) is 11.6. The molecule has 0 N–H and O–H groups in total. The second-order valence-electron chi connectivity index (χ2n) is 6.68. The van der Waals surface area contributed by atoms with Crippen molar-refractivity contribution in [3.63, 3.8) is 0 Å². The van der Waals surface area contributed by atoms with Crippen molar-refractivity contribution in [2.45, 2.75) is 33.7 Å². The maximum absolute atomic E-state index is 5.85. The fourth-order valence-electron chi connectivity index (χ4n) is 3.89. The van der Waals surface area contributed by atoms with Crippen LogP contribution in [0.3, 0.4) is 0 Å². The van der Waals surface area contributed by atoms with Crippen molar-refractivity contribution >= 4 is 43.7 Å². The SMILES string of the molecule is CCCn1c2cc3cc(C)oc3cc2c2cc3oc(C)cc3cc21. The van der Waals surface area contributed by atoms with Gasteiger partial charge in [0, 0.05) is 39.1 Å². The Kier molecular flexibility index (Phi) is 2.67. The van der Waals surface area contributed by atoms with Crippen LogP contribution in [-0.2, 0) is 6.54 Å². The molecule has 0 bridgehead atoms. The summed E-state index contributed by atoms with van der Waals surface area (Å²) in [4.78, 5) is 0. The van der Waals surface area contributed by atoms with E-state index < -0.39 is 0 Å². The van der Waals surface area contributed by atoms with Gasteiger partial charge in [-0.05, 0) is 56.7 Å². The molecule has 2 aromatic carbocycles. The molecule has 0 aliphatic carbocycles. The van der Waals surface area contributed by atoms with E-state index >= 15 is 0 Å². The zero-order chi connectivity index (χ0) is 16.4. The number of aromatic nitrogens is 1. The van der Waals surface area contributed by atoms with Gasteiger partial charge in [0.25, 0.3) is 0 Å². The van der Waals surface area contributed by atoms with Crippen LogP contribution in [0.5, 0.6) is 0 Å². The first-order valence-corrected chi connectivity index (χ1v) is 8.50. The van der Waals surface area contributed by atoms with Crippen LogP contribution in [0.1, 0.15) is 24.9 Å². The van der Waals surface area contributed by atoms with E-state index in [0.29, 0.717) is 0 Å². The van der Waals surface area contributed by atoms with Gasteiger partial charge < -0.3 is 13.4 Å². The minimum Gasteiger partial charge on any atom is -0.461 e. The van der Waals surface area contributed by atoms with E-state index in [9.17, 15) is 0 Å². The lowest BCUT2D eigenvalue weighted by atomic mass is 10.1. The molecular formula is C21H19NO2. The second kappa shape index (κ2) is 4.67. The fraction of sp³-hybridized carbons (Fsp3) is 0.238. The average molecular weight is 317 g/mol. The molecule has 5 rings (SSSR count). The van der Waals surface area contributed by atoms with Crippen LogP contribution in [0.4, 0.5) is 0 Å². The van der Waals surface area contributed by atoms with Crippen LogP contribution >= 0.6 is 0 Å². The predicted molar refractivity (Wildman–Crippen MR) is 98.8 cm³/mol. The molecular weight excluding hydrogens is 298 g/mol. The molecule has 0 saturated carbocycles. The number of hydrogen-bond acceptors (Lipinski definition) is 2. The molecule has 3 aromatic heterocycles. The summed E-state index contributed by atoms with van der Waals surface area (Å²) in [7, 11) is 0. The van der Waals surface area contributed by atoms with Gasteiger partial charge in [-0.2, -0.15) is 0 Å². The van der Waals surface area contributed by atoms with Gasteiger partial charge in [0.2, 0.25) is 0 Å². The molecule has 3 heterocycles. The molecule has 5 aromatic rings. The number of fused-ring (bicyclic) bond motifs is 5. The summed E-state index contributed by atoms with van der Waals surface area (Å²) in [5.74, 6) is 1.90. The first-order valence-electron chi connectivity index (χ1n) is 8.50. The lowest BCUT2D eigenvalue weighted by molar-refractivity contribution is 0.578. The summed E-state index contributed by atoms with van der Waals surface area (Å²) in [5.41, 5.74) is 4.44. The van der Waals surface area contributed by atoms with Gasteiger partial charge in [0.05, 0.1) is 0 Å². The van der Waals surface area contributed by atoms with Crippen LogP contribution in [0.2, 0.25) is 0 Å². The highest BCUT2D eigenvalue weighted by Gasteiger charge is 2.15. The summed E-state index contributed by atoms with van der Waals surface area (Å²) in [6.45, 7) is 7.22. The van der Waals surface area contributed by atoms with E-state index in [4.69, 9.17) is 8.83 Å². The Balaban J connectivity index is 1.99. The van der Waals surface area contributed by atoms with Crippen LogP contribution in [0.25, 0.3) is 43.7 Å². The normalized spacial score (nSPS) is 12.3. The van der Waals surface area contributed by atoms with Gasteiger partial charge in [-0.15, -0.1) is 0 Å². The third-order valence-electron chi connectivity index (χ3n) is 4.83. The van der Waals surface area contributed by atoms with Gasteiger partial charge in [-0.1, -0.05) is 6.92 Å². The summed E-state index contributed by atoms with van der Waals surface area (Å²) in [6.07, 6.45) is 1.10. The van der Waals surface area contributed by atoms with Gasteiger partial charge in [0.15, 0.2) is 0 Å². The van der Waals surface area contributed by atoms with Crippen molar-refractivity contribution in [1.29, 1.82) is 0 Å². The van der Waals surface area contributed by atoms with Crippen molar-refractivity contribution in [3.8, 4) is 0 Å². The Bertz CT molecular complexity index is 1140. The smallest absolute Gasteiger partial charge is 0.135 e. The van der Waals surface area contributed by atoms with Crippen LogP contribution in [0, 0.1) is 13.8 Å². The van der Waals surface area contributed by atoms with Gasteiger partial charge in [-0.25, -0.2) is 0 Å². The Morgan fingerprint density at radius 1 is 0.750 bits per heavy atom. The molecule has 0 unspecified atom stereocenters. The number of benzene rings is 2. The number of furan rings is 2. The van der Waals surface area contributed by atoms with Gasteiger partial charge >= 0.3 is 0 Å². The third-order valence-corrected chi connectivity index (χ3v) is 4.83. The van der Waals surface area contributed by atoms with Gasteiger partial charge in [0.1, 0.15) is 22.7 Å². The summed E-state index contributed by atoms with van der Waals surface area (Å²) < 4.78 is 14.1. The summed E-state index contributed by atoms with van der Waals surface area (Å²) in [5, 5.41) is 4.80. The van der Waals surface area contributed by atoms with E-state index in [1.165, 1.54) is 32.6 Å². The Morgan fingerprint density at radius 3 is 1.71 bits per heavy atom. The topological polar surface area (TPSA) is 31.2 Å². The molecule has 0 aliphatic rings. The maximum atomic E-state index is 5.85. The highest BCUT2D eigenvalue weighted by atomic mass is 16.3. The minimum absolute atomic E-state index is 0.950. The van der Waals surface area contributed by atoms with Crippen molar-refractivity contribution in [3.05, 3.63) is 47.9 Å². The molecule has 0 fully saturated rings. The van der Waals surface area contributed by atoms with Crippen molar-refractivity contribution in [1.82, 2.24) is 4.57 Å². The first kappa shape index (κ1) is 13.7. The average Bonchev–Trinajstić information content (AvgIpc) is 3.16. The Hall–Kier alpha value is -2.68.